The van der Waals surface area contributed by atoms with E-state index in [-0.39, 0.29) is 17.2 Å². The molecule has 3 aromatic carbocycles. The Hall–Kier alpha value is -3.38. The molecule has 1 fully saturated rings. The Morgan fingerprint density at radius 3 is 2.39 bits per heavy atom. The molecule has 2 amide bonds. The molecule has 0 aromatic heterocycles. The smallest absolute Gasteiger partial charge is 0.271 e. The fourth-order valence-corrected chi connectivity index (χ4v) is 4.65. The Balaban J connectivity index is 1.37. The van der Waals surface area contributed by atoms with Gasteiger partial charge in [-0.05, 0) is 35.2 Å². The van der Waals surface area contributed by atoms with Crippen molar-refractivity contribution in [1.29, 1.82) is 0 Å². The van der Waals surface area contributed by atoms with Crippen molar-refractivity contribution in [2.24, 2.45) is 5.10 Å². The van der Waals surface area contributed by atoms with Crippen LogP contribution in [-0.2, 0) is 11.2 Å². The van der Waals surface area contributed by atoms with Gasteiger partial charge in [-0.3, -0.25) is 9.59 Å². The quantitative estimate of drug-likeness (QED) is 0.451. The first-order chi connectivity index (χ1) is 15.2. The van der Waals surface area contributed by atoms with Crippen LogP contribution >= 0.6 is 11.8 Å². The summed E-state index contributed by atoms with van der Waals surface area (Å²) in [5, 5.41) is 3.99. The predicted octanol–water partition coefficient (Wildman–Crippen LogP) is 4.27. The van der Waals surface area contributed by atoms with E-state index in [2.05, 4.69) is 22.7 Å². The van der Waals surface area contributed by atoms with Crippen LogP contribution in [0.2, 0.25) is 0 Å². The van der Waals surface area contributed by atoms with E-state index >= 15 is 0 Å². The van der Waals surface area contributed by atoms with Crippen LogP contribution in [-0.4, -0.2) is 35.2 Å². The molecular formula is C25H23N3O2S. The summed E-state index contributed by atoms with van der Waals surface area (Å²) < 4.78 is 0. The van der Waals surface area contributed by atoms with Gasteiger partial charge in [0, 0.05) is 12.1 Å². The highest BCUT2D eigenvalue weighted by Crippen LogP contribution is 2.38. The Kier molecular flexibility index (Phi) is 6.79. The molecule has 1 atom stereocenters. The second-order valence-corrected chi connectivity index (χ2v) is 8.29. The molecule has 31 heavy (non-hydrogen) atoms. The van der Waals surface area contributed by atoms with Crippen LogP contribution in [0.5, 0.6) is 0 Å². The third-order valence-electron chi connectivity index (χ3n) is 5.09. The summed E-state index contributed by atoms with van der Waals surface area (Å²) in [7, 11) is 0. The van der Waals surface area contributed by atoms with Gasteiger partial charge < -0.3 is 4.90 Å². The minimum absolute atomic E-state index is 0.0237. The molecule has 5 nitrogen and oxygen atoms in total. The molecule has 6 heteroatoms. The van der Waals surface area contributed by atoms with Crippen molar-refractivity contribution in [3.8, 4) is 0 Å². The lowest BCUT2D eigenvalue weighted by Crippen LogP contribution is -2.30. The molecule has 1 aliphatic heterocycles. The highest BCUT2D eigenvalue weighted by molar-refractivity contribution is 8.00. The zero-order valence-corrected chi connectivity index (χ0v) is 17.8. The van der Waals surface area contributed by atoms with Crippen LogP contribution in [0.4, 0.5) is 0 Å². The number of nitrogens with zero attached hydrogens (tertiary/aromatic N) is 2. The minimum Gasteiger partial charge on any atom is -0.326 e. The number of hydrogen-bond acceptors (Lipinski definition) is 4. The molecule has 0 spiro atoms. The maximum absolute atomic E-state index is 12.4. The molecule has 156 valence electrons. The summed E-state index contributed by atoms with van der Waals surface area (Å²) in [6.07, 6.45) is 2.43. The average Bonchev–Trinajstić information content (AvgIpc) is 3.19. The fourth-order valence-electron chi connectivity index (χ4n) is 3.43. The number of amides is 2. The van der Waals surface area contributed by atoms with Crippen molar-refractivity contribution in [2.45, 2.75) is 11.8 Å². The van der Waals surface area contributed by atoms with Gasteiger partial charge in [0.2, 0.25) is 5.91 Å². The molecule has 4 rings (SSSR count). The van der Waals surface area contributed by atoms with Gasteiger partial charge >= 0.3 is 0 Å². The molecule has 0 saturated carbocycles. The number of nitrogens with one attached hydrogen (secondary N) is 1. The first-order valence-electron chi connectivity index (χ1n) is 10.1. The molecular weight excluding hydrogens is 406 g/mol. The van der Waals surface area contributed by atoms with E-state index in [1.807, 2.05) is 65.6 Å². The summed E-state index contributed by atoms with van der Waals surface area (Å²) in [4.78, 5) is 26.7. The predicted molar refractivity (Wildman–Crippen MR) is 125 cm³/mol. The van der Waals surface area contributed by atoms with Crippen LogP contribution in [0.1, 0.15) is 32.4 Å². The van der Waals surface area contributed by atoms with Crippen LogP contribution < -0.4 is 5.43 Å². The van der Waals surface area contributed by atoms with Gasteiger partial charge in [0.1, 0.15) is 5.37 Å². The molecule has 1 aliphatic rings. The van der Waals surface area contributed by atoms with E-state index in [4.69, 9.17) is 0 Å². The molecule has 3 aromatic rings. The molecule has 0 aliphatic carbocycles. The molecule has 1 N–H and O–H groups in total. The first kappa shape index (κ1) is 20.9. The largest absolute Gasteiger partial charge is 0.326 e. The third kappa shape index (κ3) is 5.41. The highest BCUT2D eigenvalue weighted by Gasteiger charge is 2.32. The van der Waals surface area contributed by atoms with Crippen molar-refractivity contribution in [3.63, 3.8) is 0 Å². The van der Waals surface area contributed by atoms with E-state index in [9.17, 15) is 9.59 Å². The maximum atomic E-state index is 12.4. The number of carbonyl (C=O) groups is 2. The van der Waals surface area contributed by atoms with Crippen molar-refractivity contribution in [1.82, 2.24) is 10.3 Å². The molecule has 1 heterocycles. The van der Waals surface area contributed by atoms with Crippen molar-refractivity contribution in [3.05, 3.63) is 107 Å². The number of rotatable bonds is 7. The van der Waals surface area contributed by atoms with Crippen LogP contribution in [0.25, 0.3) is 0 Å². The van der Waals surface area contributed by atoms with Crippen LogP contribution in [0, 0.1) is 0 Å². The normalized spacial score (nSPS) is 16.1. The Morgan fingerprint density at radius 1 is 1.00 bits per heavy atom. The number of benzene rings is 3. The lowest BCUT2D eigenvalue weighted by atomic mass is 10.1. The summed E-state index contributed by atoms with van der Waals surface area (Å²) in [5.41, 5.74) is 6.23. The summed E-state index contributed by atoms with van der Waals surface area (Å²) >= 11 is 1.62. The molecule has 0 radical (unpaired) electrons. The fraction of sp³-hybridized carbons (Fsp3) is 0.160. The number of carbonyl (C=O) groups excluding carboxylic acids is 2. The Labute approximate surface area is 186 Å². The first-order valence-corrected chi connectivity index (χ1v) is 11.2. The highest BCUT2D eigenvalue weighted by atomic mass is 32.2. The van der Waals surface area contributed by atoms with Gasteiger partial charge in [-0.1, -0.05) is 72.8 Å². The SMILES string of the molecule is O=C(N/N=C\c1ccccc1)c1ccc([C@@H]2SCC(=O)N2CCc2ccccc2)cc1. The number of hydrazone groups is 1. The second kappa shape index (κ2) is 10.1. The third-order valence-corrected chi connectivity index (χ3v) is 6.35. The number of hydrogen-bond donors (Lipinski definition) is 1. The summed E-state index contributed by atoms with van der Waals surface area (Å²) in [5.74, 6) is 0.369. The average molecular weight is 430 g/mol. The minimum atomic E-state index is -0.269. The zero-order chi connectivity index (χ0) is 21.5. The molecule has 0 unspecified atom stereocenters. The lowest BCUT2D eigenvalue weighted by Gasteiger charge is -2.24. The topological polar surface area (TPSA) is 61.8 Å². The molecule has 0 bridgehead atoms. The van der Waals surface area contributed by atoms with Crippen molar-refractivity contribution in [2.75, 3.05) is 12.3 Å². The lowest BCUT2D eigenvalue weighted by molar-refractivity contribution is -0.128. The Morgan fingerprint density at radius 2 is 1.68 bits per heavy atom. The van der Waals surface area contributed by atoms with Gasteiger partial charge in [-0.2, -0.15) is 5.10 Å². The van der Waals surface area contributed by atoms with Gasteiger partial charge in [0.15, 0.2) is 0 Å². The Bertz CT molecular complexity index is 1050. The maximum Gasteiger partial charge on any atom is 0.271 e. The van der Waals surface area contributed by atoms with E-state index in [1.165, 1.54) is 5.56 Å². The van der Waals surface area contributed by atoms with E-state index in [1.54, 1.807) is 30.1 Å². The standard InChI is InChI=1S/C25H23N3O2S/c29-23-18-31-25(28(23)16-15-19-7-3-1-4-8-19)22-13-11-21(12-14-22)24(30)27-26-17-20-9-5-2-6-10-20/h1-14,17,25H,15-16,18H2,(H,27,30)/b26-17-/t25-/m0/s1. The van der Waals surface area contributed by atoms with Gasteiger partial charge in [-0.25, -0.2) is 5.43 Å². The van der Waals surface area contributed by atoms with Crippen LogP contribution in [0.3, 0.4) is 0 Å². The molecule has 1 saturated heterocycles. The van der Waals surface area contributed by atoms with E-state index in [0.717, 1.165) is 17.5 Å². The number of thioether (sulfide) groups is 1. The monoisotopic (exact) mass is 429 g/mol. The van der Waals surface area contributed by atoms with Crippen molar-refractivity contribution < 1.29 is 9.59 Å². The van der Waals surface area contributed by atoms with E-state index < -0.39 is 0 Å². The van der Waals surface area contributed by atoms with Gasteiger partial charge in [-0.15, -0.1) is 11.8 Å². The van der Waals surface area contributed by atoms with E-state index in [0.29, 0.717) is 17.9 Å². The zero-order valence-electron chi connectivity index (χ0n) is 17.0. The van der Waals surface area contributed by atoms with Crippen LogP contribution in [0.15, 0.2) is 90.0 Å². The van der Waals surface area contributed by atoms with Crippen molar-refractivity contribution >= 4 is 29.8 Å². The second-order valence-electron chi connectivity index (χ2n) is 7.22. The summed E-state index contributed by atoms with van der Waals surface area (Å²) in [6, 6.07) is 27.2. The van der Waals surface area contributed by atoms with Gasteiger partial charge in [0.25, 0.3) is 5.91 Å². The summed E-state index contributed by atoms with van der Waals surface area (Å²) in [6.45, 7) is 0.678. The van der Waals surface area contributed by atoms with Gasteiger partial charge in [0.05, 0.1) is 12.0 Å².